The Morgan fingerprint density at radius 1 is 0.441 bits per heavy atom. The third-order valence-electron chi connectivity index (χ3n) is 6.24. The molecule has 0 aliphatic carbocycles. The molecule has 162 valence electrons. The van der Waals surface area contributed by atoms with E-state index in [0.29, 0.717) is 0 Å². The highest BCUT2D eigenvalue weighted by molar-refractivity contribution is 6.17. The van der Waals surface area contributed by atoms with Crippen LogP contribution in [0.1, 0.15) is 17.2 Å². The van der Waals surface area contributed by atoms with Crippen LogP contribution in [0.2, 0.25) is 0 Å². The van der Waals surface area contributed by atoms with Gasteiger partial charge in [-0.1, -0.05) is 103 Å². The van der Waals surface area contributed by atoms with E-state index in [9.17, 15) is 0 Å². The summed E-state index contributed by atoms with van der Waals surface area (Å²) in [6, 6.07) is 49.1. The van der Waals surface area contributed by atoms with Gasteiger partial charge >= 0.3 is 0 Å². The zero-order chi connectivity index (χ0) is 22.7. The summed E-state index contributed by atoms with van der Waals surface area (Å²) in [6.45, 7) is 0. The van der Waals surface area contributed by atoms with E-state index in [2.05, 4.69) is 144 Å². The Labute approximate surface area is 200 Å². The molecule has 0 radical (unpaired) electrons. The third-order valence-corrected chi connectivity index (χ3v) is 6.24. The van der Waals surface area contributed by atoms with Gasteiger partial charge in [-0.15, -0.1) is 0 Å². The zero-order valence-electron chi connectivity index (χ0n) is 18.8. The molecule has 0 bridgehead atoms. The average Bonchev–Trinajstić information content (AvgIpc) is 3.72. The highest BCUT2D eigenvalue weighted by atomic mass is 15.1. The van der Waals surface area contributed by atoms with Gasteiger partial charge in [-0.2, -0.15) is 0 Å². The van der Waals surface area contributed by atoms with Crippen molar-refractivity contribution in [3.8, 4) is 11.1 Å². The summed E-state index contributed by atoms with van der Waals surface area (Å²) in [5.74, 6) is 0. The predicted octanol–water partition coefficient (Wildman–Crippen LogP) is 8.37. The molecule has 1 heterocycles. The van der Waals surface area contributed by atoms with E-state index in [1.165, 1.54) is 28.0 Å². The molecule has 1 aliphatic rings. The first kappa shape index (κ1) is 20.2. The summed E-state index contributed by atoms with van der Waals surface area (Å²) < 4.78 is 0. The number of nitrogens with zero attached hydrogens (tertiary/aromatic N) is 2. The van der Waals surface area contributed by atoms with Crippen LogP contribution in [-0.4, -0.2) is 5.71 Å². The number of hydrogen-bond donors (Lipinski definition) is 0. The molecule has 34 heavy (non-hydrogen) atoms. The van der Waals surface area contributed by atoms with Gasteiger partial charge in [-0.3, -0.25) is 4.99 Å². The Hall–Kier alpha value is -4.43. The second kappa shape index (κ2) is 8.84. The van der Waals surface area contributed by atoms with Gasteiger partial charge in [0, 0.05) is 22.6 Å². The molecule has 0 fully saturated rings. The summed E-state index contributed by atoms with van der Waals surface area (Å²) in [6.07, 6.45) is 0. The lowest BCUT2D eigenvalue weighted by molar-refractivity contribution is 1.13. The van der Waals surface area contributed by atoms with Crippen molar-refractivity contribution in [3.05, 3.63) is 151 Å². The van der Waals surface area contributed by atoms with Gasteiger partial charge in [0.2, 0.25) is 0 Å². The number of aliphatic imine (C=N–C) groups is 1. The van der Waals surface area contributed by atoms with Crippen molar-refractivity contribution in [2.45, 2.75) is 6.04 Å². The van der Waals surface area contributed by atoms with Gasteiger partial charge < -0.3 is 4.90 Å². The summed E-state index contributed by atoms with van der Waals surface area (Å²) in [7, 11) is 0. The van der Waals surface area contributed by atoms with Gasteiger partial charge in [-0.05, 0) is 53.1 Å². The lowest BCUT2D eigenvalue weighted by Crippen LogP contribution is -2.09. The number of anilines is 3. The van der Waals surface area contributed by atoms with Crippen LogP contribution in [0.15, 0.2) is 145 Å². The molecule has 0 aromatic heterocycles. The summed E-state index contributed by atoms with van der Waals surface area (Å²) in [4.78, 5) is 7.10. The molecular weight excluding hydrogens is 412 g/mol. The second-order valence-electron chi connectivity index (χ2n) is 8.43. The maximum atomic E-state index is 4.81. The highest BCUT2D eigenvalue weighted by Crippen LogP contribution is 2.40. The fourth-order valence-corrected chi connectivity index (χ4v) is 4.54. The van der Waals surface area contributed by atoms with Crippen LogP contribution in [-0.2, 0) is 0 Å². The third kappa shape index (κ3) is 3.91. The van der Waals surface area contributed by atoms with Gasteiger partial charge in [0.25, 0.3) is 0 Å². The highest BCUT2D eigenvalue weighted by Gasteiger charge is 2.32. The Kier molecular flexibility index (Phi) is 5.25. The largest absolute Gasteiger partial charge is 0.311 e. The van der Waals surface area contributed by atoms with Gasteiger partial charge in [0.1, 0.15) is 6.04 Å². The quantitative estimate of drug-likeness (QED) is 0.261. The van der Waals surface area contributed by atoms with Crippen LogP contribution < -0.4 is 4.90 Å². The fourth-order valence-electron chi connectivity index (χ4n) is 4.54. The molecule has 1 aliphatic heterocycles. The number of para-hydroxylation sites is 2. The lowest BCUT2D eigenvalue weighted by atomic mass is 9.95. The first-order chi connectivity index (χ1) is 16.9. The van der Waals surface area contributed by atoms with Crippen LogP contribution in [0.5, 0.6) is 0 Å². The van der Waals surface area contributed by atoms with Gasteiger partial charge in [-0.25, -0.2) is 0 Å². The van der Waals surface area contributed by atoms with Crippen molar-refractivity contribution in [3.63, 3.8) is 0 Å². The molecule has 0 spiro atoms. The van der Waals surface area contributed by atoms with Crippen molar-refractivity contribution in [1.29, 1.82) is 0 Å². The Balaban J connectivity index is 1.34. The SMILES string of the molecule is c1ccc(C2N=C2c2ccccc2-c2ccc(N(c3ccccc3)c3ccccc3)cc2)cc1. The minimum absolute atomic E-state index is 0.174. The van der Waals surface area contributed by atoms with Crippen molar-refractivity contribution >= 4 is 22.8 Å². The molecule has 1 unspecified atom stereocenters. The molecule has 0 saturated heterocycles. The Morgan fingerprint density at radius 3 is 1.50 bits per heavy atom. The van der Waals surface area contributed by atoms with Crippen LogP contribution in [0.3, 0.4) is 0 Å². The standard InChI is InChI=1S/C32H24N2/c1-4-12-25(13-5-1)31-32(33-31)30-19-11-10-18-29(30)24-20-22-28(23-21-24)34(26-14-6-2-7-15-26)27-16-8-3-9-17-27/h1-23,31H. The predicted molar refractivity (Wildman–Crippen MR) is 142 cm³/mol. The van der Waals surface area contributed by atoms with Crippen LogP contribution >= 0.6 is 0 Å². The van der Waals surface area contributed by atoms with Gasteiger partial charge in [0.05, 0.1) is 5.71 Å². The molecule has 0 amide bonds. The molecule has 5 aromatic rings. The van der Waals surface area contributed by atoms with Gasteiger partial charge in [0.15, 0.2) is 0 Å². The van der Waals surface area contributed by atoms with Crippen molar-refractivity contribution < 1.29 is 0 Å². The van der Waals surface area contributed by atoms with Crippen molar-refractivity contribution in [2.24, 2.45) is 4.99 Å². The maximum absolute atomic E-state index is 4.81. The Morgan fingerprint density at radius 2 is 0.912 bits per heavy atom. The van der Waals surface area contributed by atoms with E-state index in [1.807, 2.05) is 0 Å². The van der Waals surface area contributed by atoms with E-state index >= 15 is 0 Å². The molecule has 1 atom stereocenters. The molecule has 2 heteroatoms. The molecule has 0 N–H and O–H groups in total. The molecule has 0 saturated carbocycles. The minimum atomic E-state index is 0.174. The molecule has 6 rings (SSSR count). The second-order valence-corrected chi connectivity index (χ2v) is 8.43. The maximum Gasteiger partial charge on any atom is 0.118 e. The van der Waals surface area contributed by atoms with Crippen molar-refractivity contribution in [2.75, 3.05) is 4.90 Å². The number of rotatable bonds is 6. The Bertz CT molecular complexity index is 1380. The normalized spacial score (nSPS) is 14.4. The lowest BCUT2D eigenvalue weighted by Gasteiger charge is -2.25. The minimum Gasteiger partial charge on any atom is -0.311 e. The smallest absolute Gasteiger partial charge is 0.118 e. The van der Waals surface area contributed by atoms with E-state index in [1.54, 1.807) is 0 Å². The topological polar surface area (TPSA) is 15.6 Å². The summed E-state index contributed by atoms with van der Waals surface area (Å²) in [5, 5.41) is 0. The van der Waals surface area contributed by atoms with Crippen LogP contribution in [0.4, 0.5) is 17.1 Å². The first-order valence-electron chi connectivity index (χ1n) is 11.6. The number of hydrogen-bond acceptors (Lipinski definition) is 2. The number of benzene rings is 5. The van der Waals surface area contributed by atoms with Crippen LogP contribution in [0.25, 0.3) is 11.1 Å². The fraction of sp³-hybridized carbons (Fsp3) is 0.0312. The first-order valence-corrected chi connectivity index (χ1v) is 11.6. The summed E-state index contributed by atoms with van der Waals surface area (Å²) >= 11 is 0. The monoisotopic (exact) mass is 436 g/mol. The molecular formula is C32H24N2. The van der Waals surface area contributed by atoms with E-state index < -0.39 is 0 Å². The van der Waals surface area contributed by atoms with Crippen LogP contribution in [0, 0.1) is 0 Å². The van der Waals surface area contributed by atoms with E-state index in [-0.39, 0.29) is 6.04 Å². The van der Waals surface area contributed by atoms with E-state index in [0.717, 1.165) is 17.1 Å². The molecule has 5 aromatic carbocycles. The zero-order valence-corrected chi connectivity index (χ0v) is 18.8. The van der Waals surface area contributed by atoms with E-state index in [4.69, 9.17) is 4.99 Å². The molecule has 2 nitrogen and oxygen atoms in total. The summed E-state index contributed by atoms with van der Waals surface area (Å²) in [5.41, 5.74) is 9.46. The van der Waals surface area contributed by atoms with Crippen molar-refractivity contribution in [1.82, 2.24) is 0 Å². The average molecular weight is 437 g/mol.